The van der Waals surface area contributed by atoms with Gasteiger partial charge in [-0.2, -0.15) is 0 Å². The van der Waals surface area contributed by atoms with Crippen LogP contribution in [-0.4, -0.2) is 30.8 Å². The second-order valence-electron chi connectivity index (χ2n) is 7.19. The maximum Gasteiger partial charge on any atom is 0.276 e. The largest absolute Gasteiger partial charge is 0.296 e. The standard InChI is InChI=1S/C23H18N4O3S2/c28-22(19-8-4-5-12-24-19)26-23-25-20(15-31-23)16-9-10-21-17(14-16)11-13-27(21)32(29,30)18-6-2-1-3-7-18/h1-10,12,14-15H,11,13H2,(H,25,26,28). The normalized spacial score (nSPS) is 13.1. The van der Waals surface area contributed by atoms with Crippen molar-refractivity contribution in [1.82, 2.24) is 9.97 Å². The molecular weight excluding hydrogens is 444 g/mol. The molecule has 9 heteroatoms. The molecule has 0 saturated carbocycles. The van der Waals surface area contributed by atoms with Gasteiger partial charge in [-0.1, -0.05) is 30.3 Å². The summed E-state index contributed by atoms with van der Waals surface area (Å²) in [7, 11) is -3.60. The number of amides is 1. The first kappa shape index (κ1) is 20.3. The van der Waals surface area contributed by atoms with E-state index in [0.29, 0.717) is 29.5 Å². The molecule has 2 aromatic carbocycles. The number of carbonyl (C=O) groups excluding carboxylic acids is 1. The van der Waals surface area contributed by atoms with Crippen molar-refractivity contribution in [2.24, 2.45) is 0 Å². The molecule has 0 unspecified atom stereocenters. The summed E-state index contributed by atoms with van der Waals surface area (Å²) < 4.78 is 27.5. The fourth-order valence-corrected chi connectivity index (χ4v) is 5.86. The maximum absolute atomic E-state index is 13.0. The second kappa shape index (κ2) is 8.18. The number of hydrogen-bond acceptors (Lipinski definition) is 6. The van der Waals surface area contributed by atoms with Crippen LogP contribution in [0.5, 0.6) is 0 Å². The monoisotopic (exact) mass is 462 g/mol. The number of carbonyl (C=O) groups is 1. The Balaban J connectivity index is 1.37. The van der Waals surface area contributed by atoms with Crippen LogP contribution in [0.1, 0.15) is 16.1 Å². The highest BCUT2D eigenvalue weighted by Gasteiger charge is 2.31. The Hall–Kier alpha value is -3.56. The van der Waals surface area contributed by atoms with Crippen molar-refractivity contribution in [2.75, 3.05) is 16.2 Å². The Bertz CT molecular complexity index is 1390. The summed E-state index contributed by atoms with van der Waals surface area (Å²) in [5, 5.41) is 5.10. The van der Waals surface area contributed by atoms with E-state index >= 15 is 0 Å². The highest BCUT2D eigenvalue weighted by molar-refractivity contribution is 7.92. The second-order valence-corrected chi connectivity index (χ2v) is 9.91. The fourth-order valence-electron chi connectivity index (χ4n) is 3.62. The van der Waals surface area contributed by atoms with Crippen molar-refractivity contribution < 1.29 is 13.2 Å². The third-order valence-corrected chi connectivity index (χ3v) is 7.77. The average molecular weight is 463 g/mol. The van der Waals surface area contributed by atoms with E-state index < -0.39 is 10.0 Å². The summed E-state index contributed by atoms with van der Waals surface area (Å²) >= 11 is 1.33. The number of nitrogens with one attached hydrogen (secondary N) is 1. The van der Waals surface area contributed by atoms with Crippen LogP contribution in [0, 0.1) is 0 Å². The predicted molar refractivity (Wildman–Crippen MR) is 124 cm³/mol. The van der Waals surface area contributed by atoms with Crippen LogP contribution in [0.25, 0.3) is 11.3 Å². The molecule has 2 aromatic heterocycles. The Morgan fingerprint density at radius 3 is 2.62 bits per heavy atom. The highest BCUT2D eigenvalue weighted by Crippen LogP contribution is 2.36. The number of rotatable bonds is 5. The van der Waals surface area contributed by atoms with Gasteiger partial charge in [0, 0.05) is 23.7 Å². The predicted octanol–water partition coefficient (Wildman–Crippen LogP) is 4.21. The van der Waals surface area contributed by atoms with Gasteiger partial charge in [-0.15, -0.1) is 11.3 Å². The van der Waals surface area contributed by atoms with Gasteiger partial charge in [0.25, 0.3) is 15.9 Å². The molecule has 5 rings (SSSR count). The smallest absolute Gasteiger partial charge is 0.276 e. The summed E-state index contributed by atoms with van der Waals surface area (Å²) in [5.41, 5.74) is 3.56. The van der Waals surface area contributed by atoms with E-state index in [2.05, 4.69) is 15.3 Å². The highest BCUT2D eigenvalue weighted by atomic mass is 32.2. The Labute approximate surface area is 189 Å². The number of pyridine rings is 1. The van der Waals surface area contributed by atoms with Gasteiger partial charge < -0.3 is 0 Å². The van der Waals surface area contributed by atoms with Crippen LogP contribution >= 0.6 is 11.3 Å². The van der Waals surface area contributed by atoms with Crippen molar-refractivity contribution >= 4 is 38.1 Å². The molecule has 1 aliphatic rings. The molecular formula is C23H18N4O3S2. The van der Waals surface area contributed by atoms with E-state index in [0.717, 1.165) is 16.8 Å². The van der Waals surface area contributed by atoms with E-state index in [1.165, 1.54) is 15.6 Å². The minimum Gasteiger partial charge on any atom is -0.296 e. The van der Waals surface area contributed by atoms with E-state index in [1.807, 2.05) is 23.6 Å². The zero-order valence-electron chi connectivity index (χ0n) is 16.8. The van der Waals surface area contributed by atoms with Gasteiger partial charge in [0.1, 0.15) is 5.69 Å². The molecule has 0 fully saturated rings. The van der Waals surface area contributed by atoms with Gasteiger partial charge in [0.05, 0.1) is 16.3 Å². The van der Waals surface area contributed by atoms with E-state index in [-0.39, 0.29) is 10.8 Å². The van der Waals surface area contributed by atoms with Crippen molar-refractivity contribution in [2.45, 2.75) is 11.3 Å². The minimum absolute atomic E-state index is 0.282. The van der Waals surface area contributed by atoms with Crippen molar-refractivity contribution in [3.63, 3.8) is 0 Å². The molecule has 32 heavy (non-hydrogen) atoms. The van der Waals surface area contributed by atoms with Gasteiger partial charge in [-0.05, 0) is 48.4 Å². The summed E-state index contributed by atoms with van der Waals surface area (Å²) in [6.45, 7) is 0.401. The number of hydrogen-bond donors (Lipinski definition) is 1. The molecule has 1 N–H and O–H groups in total. The Morgan fingerprint density at radius 1 is 1.03 bits per heavy atom. The molecule has 1 aliphatic heterocycles. The van der Waals surface area contributed by atoms with E-state index in [4.69, 9.17) is 0 Å². The van der Waals surface area contributed by atoms with Gasteiger partial charge in [-0.25, -0.2) is 13.4 Å². The number of thiazole rings is 1. The number of benzene rings is 2. The van der Waals surface area contributed by atoms with Crippen LogP contribution in [0.15, 0.2) is 83.2 Å². The molecule has 0 radical (unpaired) electrons. The zero-order chi connectivity index (χ0) is 22.1. The molecule has 4 aromatic rings. The van der Waals surface area contributed by atoms with Crippen molar-refractivity contribution in [3.8, 4) is 11.3 Å². The summed E-state index contributed by atoms with van der Waals surface area (Å²) in [6.07, 6.45) is 2.19. The minimum atomic E-state index is -3.60. The third-order valence-electron chi connectivity index (χ3n) is 5.18. The Kier molecular flexibility index (Phi) is 5.20. The molecule has 0 atom stereocenters. The molecule has 160 valence electrons. The molecule has 0 spiro atoms. The number of anilines is 2. The van der Waals surface area contributed by atoms with E-state index in [1.54, 1.807) is 54.7 Å². The van der Waals surface area contributed by atoms with Gasteiger partial charge in [0.2, 0.25) is 0 Å². The lowest BCUT2D eigenvalue weighted by Crippen LogP contribution is -2.29. The summed E-state index contributed by atoms with van der Waals surface area (Å²) in [5.74, 6) is -0.317. The maximum atomic E-state index is 13.0. The first-order valence-electron chi connectivity index (χ1n) is 9.91. The number of sulfonamides is 1. The summed E-state index contributed by atoms with van der Waals surface area (Å²) in [4.78, 5) is 21.1. The third kappa shape index (κ3) is 3.76. The SMILES string of the molecule is O=C(Nc1nc(-c2ccc3c(c2)CCN3S(=O)(=O)c2ccccc2)cs1)c1ccccn1. The van der Waals surface area contributed by atoms with E-state index in [9.17, 15) is 13.2 Å². The lowest BCUT2D eigenvalue weighted by atomic mass is 10.1. The van der Waals surface area contributed by atoms with Gasteiger partial charge in [-0.3, -0.25) is 19.4 Å². The number of nitrogens with zero attached hydrogens (tertiary/aromatic N) is 3. The van der Waals surface area contributed by atoms with Gasteiger partial charge >= 0.3 is 0 Å². The average Bonchev–Trinajstić information content (AvgIpc) is 3.47. The number of aromatic nitrogens is 2. The first-order valence-corrected chi connectivity index (χ1v) is 12.2. The fraction of sp³-hybridized carbons (Fsp3) is 0.0870. The van der Waals surface area contributed by atoms with Crippen LogP contribution in [0.3, 0.4) is 0 Å². The molecule has 1 amide bonds. The van der Waals surface area contributed by atoms with Crippen LogP contribution in [-0.2, 0) is 16.4 Å². The zero-order valence-corrected chi connectivity index (χ0v) is 18.4. The van der Waals surface area contributed by atoms with Gasteiger partial charge in [0.15, 0.2) is 5.13 Å². The van der Waals surface area contributed by atoms with Crippen molar-refractivity contribution in [3.05, 3.63) is 89.6 Å². The lowest BCUT2D eigenvalue weighted by Gasteiger charge is -2.19. The topological polar surface area (TPSA) is 92.3 Å². The molecule has 7 nitrogen and oxygen atoms in total. The summed E-state index contributed by atoms with van der Waals surface area (Å²) in [6, 6.07) is 19.2. The molecule has 0 saturated heterocycles. The quantitative estimate of drug-likeness (QED) is 0.480. The Morgan fingerprint density at radius 2 is 1.84 bits per heavy atom. The van der Waals surface area contributed by atoms with Crippen LogP contribution in [0.4, 0.5) is 10.8 Å². The molecule has 3 heterocycles. The van der Waals surface area contributed by atoms with Crippen LogP contribution < -0.4 is 9.62 Å². The molecule has 0 aliphatic carbocycles. The van der Waals surface area contributed by atoms with Crippen LogP contribution in [0.2, 0.25) is 0 Å². The lowest BCUT2D eigenvalue weighted by molar-refractivity contribution is 0.102. The number of fused-ring (bicyclic) bond motifs is 1. The van der Waals surface area contributed by atoms with Crippen molar-refractivity contribution in [1.29, 1.82) is 0 Å². The molecule has 0 bridgehead atoms. The first-order chi connectivity index (χ1) is 15.5.